The molecule has 128 valence electrons. The molecule has 0 bridgehead atoms. The van der Waals surface area contributed by atoms with Crippen LogP contribution in [0.5, 0.6) is 0 Å². The van der Waals surface area contributed by atoms with Crippen molar-refractivity contribution in [2.75, 3.05) is 7.11 Å². The quantitative estimate of drug-likeness (QED) is 0.668. The average Bonchev–Trinajstić information content (AvgIpc) is 2.75. The van der Waals surface area contributed by atoms with Crippen LogP contribution in [0.4, 0.5) is 0 Å². The predicted molar refractivity (Wildman–Crippen MR) is 104 cm³/mol. The van der Waals surface area contributed by atoms with Crippen LogP contribution in [0.3, 0.4) is 0 Å². The zero-order valence-corrected chi connectivity index (χ0v) is 14.5. The summed E-state index contributed by atoms with van der Waals surface area (Å²) in [5, 5.41) is 4.39. The largest absolute Gasteiger partial charge is 0.349 e. The summed E-state index contributed by atoms with van der Waals surface area (Å²) in [6, 6.07) is 30.0. The minimum atomic E-state index is -1.08. The lowest BCUT2D eigenvalue weighted by Crippen LogP contribution is -2.35. The van der Waals surface area contributed by atoms with E-state index in [0.717, 1.165) is 28.0 Å². The first-order valence-corrected chi connectivity index (χ1v) is 8.53. The molecular formula is C23H19NO2. The molecule has 1 aliphatic rings. The van der Waals surface area contributed by atoms with E-state index >= 15 is 0 Å². The van der Waals surface area contributed by atoms with E-state index in [4.69, 9.17) is 9.57 Å². The summed E-state index contributed by atoms with van der Waals surface area (Å²) < 4.78 is 5.92. The molecule has 3 aromatic carbocycles. The van der Waals surface area contributed by atoms with Crippen molar-refractivity contribution >= 4 is 11.3 Å². The van der Waals surface area contributed by atoms with Crippen LogP contribution in [0.2, 0.25) is 0 Å². The number of ether oxygens (including phenoxy) is 1. The van der Waals surface area contributed by atoms with Gasteiger partial charge in [-0.05, 0) is 11.6 Å². The standard InChI is InChI=1S/C23H19NO2/c1-25-23(20-15-9-4-10-16-20)21(18-11-5-2-6-12-18)17-22(24-26-23)19-13-7-3-8-14-19/h2-17H,1H3. The summed E-state index contributed by atoms with van der Waals surface area (Å²) in [5.74, 6) is -1.08. The number of allylic oxidation sites excluding steroid dienone is 1. The number of hydrogen-bond acceptors (Lipinski definition) is 3. The topological polar surface area (TPSA) is 30.8 Å². The highest BCUT2D eigenvalue weighted by molar-refractivity contribution is 6.13. The second-order valence-corrected chi connectivity index (χ2v) is 6.04. The van der Waals surface area contributed by atoms with Gasteiger partial charge in [0.25, 0.3) is 5.79 Å². The number of nitrogens with zero attached hydrogens (tertiary/aromatic N) is 1. The van der Waals surface area contributed by atoms with Crippen LogP contribution in [0, 0.1) is 0 Å². The fourth-order valence-corrected chi connectivity index (χ4v) is 3.19. The molecule has 4 rings (SSSR count). The zero-order valence-electron chi connectivity index (χ0n) is 14.5. The average molecular weight is 341 g/mol. The Bertz CT molecular complexity index is 934. The molecule has 0 spiro atoms. The second kappa shape index (κ2) is 6.98. The number of benzene rings is 3. The molecule has 26 heavy (non-hydrogen) atoms. The van der Waals surface area contributed by atoms with Gasteiger partial charge in [-0.1, -0.05) is 96.2 Å². The van der Waals surface area contributed by atoms with Gasteiger partial charge in [-0.15, -0.1) is 0 Å². The molecule has 0 fully saturated rings. The van der Waals surface area contributed by atoms with Crippen LogP contribution in [-0.2, 0) is 15.4 Å². The Labute approximate surface area is 153 Å². The van der Waals surface area contributed by atoms with Gasteiger partial charge in [-0.25, -0.2) is 0 Å². The van der Waals surface area contributed by atoms with Crippen LogP contribution in [-0.4, -0.2) is 12.8 Å². The van der Waals surface area contributed by atoms with Gasteiger partial charge < -0.3 is 9.57 Å². The molecule has 3 nitrogen and oxygen atoms in total. The van der Waals surface area contributed by atoms with Gasteiger partial charge >= 0.3 is 0 Å². The lowest BCUT2D eigenvalue weighted by molar-refractivity contribution is -0.189. The molecule has 0 aromatic heterocycles. The lowest BCUT2D eigenvalue weighted by Gasteiger charge is -2.35. The van der Waals surface area contributed by atoms with Gasteiger partial charge in [0.05, 0.1) is 0 Å². The van der Waals surface area contributed by atoms with Crippen molar-refractivity contribution in [3.63, 3.8) is 0 Å². The van der Waals surface area contributed by atoms with Crippen molar-refractivity contribution in [3.8, 4) is 0 Å². The first kappa shape index (κ1) is 16.3. The molecule has 1 atom stereocenters. The second-order valence-electron chi connectivity index (χ2n) is 6.04. The molecule has 1 aliphatic heterocycles. The maximum absolute atomic E-state index is 6.03. The molecule has 0 amide bonds. The van der Waals surface area contributed by atoms with E-state index in [9.17, 15) is 0 Å². The Balaban J connectivity index is 1.89. The molecule has 0 radical (unpaired) electrons. The zero-order chi connectivity index (χ0) is 17.8. The van der Waals surface area contributed by atoms with E-state index in [0.29, 0.717) is 0 Å². The number of oxime groups is 1. The lowest BCUT2D eigenvalue weighted by atomic mass is 9.89. The van der Waals surface area contributed by atoms with Gasteiger partial charge in [0.15, 0.2) is 0 Å². The fourth-order valence-electron chi connectivity index (χ4n) is 3.19. The van der Waals surface area contributed by atoms with Crippen LogP contribution < -0.4 is 0 Å². The number of rotatable bonds is 4. The maximum Gasteiger partial charge on any atom is 0.289 e. The fraction of sp³-hybridized carbons (Fsp3) is 0.0870. The molecule has 1 heterocycles. The third-order valence-electron chi connectivity index (χ3n) is 4.50. The van der Waals surface area contributed by atoms with Gasteiger partial charge in [-0.3, -0.25) is 0 Å². The minimum absolute atomic E-state index is 0.771. The van der Waals surface area contributed by atoms with Crippen molar-refractivity contribution in [1.29, 1.82) is 0 Å². The maximum atomic E-state index is 6.03. The van der Waals surface area contributed by atoms with Crippen LogP contribution >= 0.6 is 0 Å². The van der Waals surface area contributed by atoms with Crippen molar-refractivity contribution in [1.82, 2.24) is 0 Å². The van der Waals surface area contributed by atoms with E-state index in [1.165, 1.54) is 0 Å². The number of hydrogen-bond donors (Lipinski definition) is 0. The molecule has 0 saturated carbocycles. The normalized spacial score (nSPS) is 19.3. The smallest absolute Gasteiger partial charge is 0.289 e. The van der Waals surface area contributed by atoms with Crippen LogP contribution in [0.15, 0.2) is 102 Å². The molecule has 1 unspecified atom stereocenters. The molecular weight excluding hydrogens is 322 g/mol. The monoisotopic (exact) mass is 341 g/mol. The third kappa shape index (κ3) is 2.83. The minimum Gasteiger partial charge on any atom is -0.349 e. The van der Waals surface area contributed by atoms with E-state index in [-0.39, 0.29) is 0 Å². The summed E-state index contributed by atoms with van der Waals surface area (Å²) in [7, 11) is 1.65. The van der Waals surface area contributed by atoms with Crippen molar-refractivity contribution in [3.05, 3.63) is 114 Å². The Morgan fingerprint density at radius 2 is 1.27 bits per heavy atom. The summed E-state index contributed by atoms with van der Waals surface area (Å²) in [5.41, 5.74) is 4.61. The van der Waals surface area contributed by atoms with Crippen molar-refractivity contribution < 1.29 is 9.57 Å². The SMILES string of the molecule is COC1(c2ccccc2)ON=C(c2ccccc2)C=C1c1ccccc1. The van der Waals surface area contributed by atoms with E-state index < -0.39 is 5.79 Å². The van der Waals surface area contributed by atoms with Gasteiger partial charge in [0.2, 0.25) is 0 Å². The molecule has 0 N–H and O–H groups in total. The highest BCUT2D eigenvalue weighted by Gasteiger charge is 2.43. The highest BCUT2D eigenvalue weighted by atomic mass is 16.8. The first-order chi connectivity index (χ1) is 12.8. The van der Waals surface area contributed by atoms with Gasteiger partial charge in [0, 0.05) is 23.8 Å². The Hall–Kier alpha value is -3.17. The van der Waals surface area contributed by atoms with Crippen molar-refractivity contribution in [2.45, 2.75) is 5.79 Å². The summed E-state index contributed by atoms with van der Waals surface area (Å²) in [6.07, 6.45) is 2.05. The van der Waals surface area contributed by atoms with Gasteiger partial charge in [-0.2, -0.15) is 0 Å². The molecule has 0 aliphatic carbocycles. The molecule has 0 saturated heterocycles. The van der Waals surface area contributed by atoms with Crippen LogP contribution in [0.25, 0.3) is 5.57 Å². The van der Waals surface area contributed by atoms with E-state index in [2.05, 4.69) is 17.3 Å². The molecule has 3 heteroatoms. The Morgan fingerprint density at radius 3 is 1.85 bits per heavy atom. The Morgan fingerprint density at radius 1 is 0.731 bits per heavy atom. The number of methoxy groups -OCH3 is 1. The summed E-state index contributed by atoms with van der Waals surface area (Å²) in [6.45, 7) is 0. The van der Waals surface area contributed by atoms with E-state index in [1.807, 2.05) is 84.9 Å². The van der Waals surface area contributed by atoms with Gasteiger partial charge in [0.1, 0.15) is 5.71 Å². The first-order valence-electron chi connectivity index (χ1n) is 8.53. The van der Waals surface area contributed by atoms with Crippen LogP contribution in [0.1, 0.15) is 16.7 Å². The third-order valence-corrected chi connectivity index (χ3v) is 4.50. The summed E-state index contributed by atoms with van der Waals surface area (Å²) >= 11 is 0. The Kier molecular flexibility index (Phi) is 4.38. The predicted octanol–water partition coefficient (Wildman–Crippen LogP) is 5.00. The van der Waals surface area contributed by atoms with E-state index in [1.54, 1.807) is 7.11 Å². The van der Waals surface area contributed by atoms with Crippen molar-refractivity contribution in [2.24, 2.45) is 5.16 Å². The highest BCUT2D eigenvalue weighted by Crippen LogP contribution is 2.43. The summed E-state index contributed by atoms with van der Waals surface area (Å²) in [4.78, 5) is 6.03. The molecule has 3 aromatic rings.